The third-order valence-corrected chi connectivity index (χ3v) is 5.40. The van der Waals surface area contributed by atoms with Crippen molar-refractivity contribution in [2.75, 3.05) is 19.6 Å². The molecule has 2 aromatic carbocycles. The topological polar surface area (TPSA) is 54.3 Å². The lowest BCUT2D eigenvalue weighted by atomic mass is 9.99. The van der Waals surface area contributed by atoms with Crippen molar-refractivity contribution in [2.45, 2.75) is 25.3 Å². The zero-order chi connectivity index (χ0) is 19.3. The van der Waals surface area contributed by atoms with E-state index in [2.05, 4.69) is 34.3 Å². The summed E-state index contributed by atoms with van der Waals surface area (Å²) in [6.45, 7) is 2.22. The van der Waals surface area contributed by atoms with Crippen LogP contribution in [0.25, 0.3) is 10.9 Å². The summed E-state index contributed by atoms with van der Waals surface area (Å²) in [5.41, 5.74) is 2.38. The lowest BCUT2D eigenvalue weighted by Gasteiger charge is -2.16. The normalized spacial score (nSPS) is 16.6. The lowest BCUT2D eigenvalue weighted by molar-refractivity contribution is -0.133. The van der Waals surface area contributed by atoms with Gasteiger partial charge in [-0.15, -0.1) is 0 Å². The van der Waals surface area contributed by atoms with Gasteiger partial charge in [-0.25, -0.2) is 0 Å². The summed E-state index contributed by atoms with van der Waals surface area (Å²) in [5, 5.41) is 4.18. The number of benzene rings is 2. The Morgan fingerprint density at radius 1 is 1.04 bits per heavy atom. The summed E-state index contributed by atoms with van der Waals surface area (Å²) in [6.07, 6.45) is 3.42. The summed E-state index contributed by atoms with van der Waals surface area (Å²) in [6, 6.07) is 20.4. The Morgan fingerprint density at radius 3 is 2.68 bits per heavy atom. The van der Waals surface area contributed by atoms with Gasteiger partial charge < -0.3 is 14.8 Å². The van der Waals surface area contributed by atoms with Gasteiger partial charge in [-0.2, -0.15) is 0 Å². The van der Waals surface area contributed by atoms with Crippen molar-refractivity contribution >= 4 is 22.7 Å². The molecule has 28 heavy (non-hydrogen) atoms. The number of aryl methyl sites for hydroxylation is 1. The largest absolute Gasteiger partial charge is 0.354 e. The molecular weight excluding hydrogens is 350 g/mol. The molecule has 4 rings (SSSR count). The van der Waals surface area contributed by atoms with Gasteiger partial charge in [-0.05, 0) is 29.5 Å². The number of carbonyl (C=O) groups excluding carboxylic acids is 2. The molecule has 0 aliphatic carbocycles. The first-order valence-corrected chi connectivity index (χ1v) is 9.84. The second kappa shape index (κ2) is 8.30. The molecule has 1 aliphatic heterocycles. The van der Waals surface area contributed by atoms with Crippen molar-refractivity contribution in [3.8, 4) is 0 Å². The fourth-order valence-electron chi connectivity index (χ4n) is 3.92. The van der Waals surface area contributed by atoms with Crippen LogP contribution in [0.2, 0.25) is 0 Å². The molecule has 1 fully saturated rings. The minimum Gasteiger partial charge on any atom is -0.354 e. The highest BCUT2D eigenvalue weighted by Crippen LogP contribution is 2.27. The lowest BCUT2D eigenvalue weighted by Crippen LogP contribution is -2.38. The van der Waals surface area contributed by atoms with Gasteiger partial charge in [0.1, 0.15) is 0 Å². The highest BCUT2D eigenvalue weighted by molar-refractivity contribution is 5.86. The molecule has 0 unspecified atom stereocenters. The van der Waals surface area contributed by atoms with Crippen LogP contribution in [0.15, 0.2) is 66.9 Å². The summed E-state index contributed by atoms with van der Waals surface area (Å²) in [5.74, 6) is 0.158. The first-order valence-electron chi connectivity index (χ1n) is 9.84. The van der Waals surface area contributed by atoms with E-state index >= 15 is 0 Å². The number of carbonyl (C=O) groups is 2. The van der Waals surface area contributed by atoms with Gasteiger partial charge >= 0.3 is 0 Å². The van der Waals surface area contributed by atoms with E-state index in [1.54, 1.807) is 4.90 Å². The molecule has 2 amide bonds. The second-order valence-corrected chi connectivity index (χ2v) is 7.36. The number of nitrogens with one attached hydrogen (secondary N) is 1. The first kappa shape index (κ1) is 18.3. The van der Waals surface area contributed by atoms with Gasteiger partial charge in [0.2, 0.25) is 11.8 Å². The molecule has 1 saturated heterocycles. The molecule has 3 aromatic rings. The van der Waals surface area contributed by atoms with Crippen LogP contribution in [0.4, 0.5) is 0 Å². The van der Waals surface area contributed by atoms with Crippen molar-refractivity contribution in [3.05, 3.63) is 72.4 Å². The molecule has 5 nitrogen and oxygen atoms in total. The smallest absolute Gasteiger partial charge is 0.239 e. The van der Waals surface area contributed by atoms with E-state index in [-0.39, 0.29) is 24.3 Å². The molecule has 1 aliphatic rings. The molecule has 5 heteroatoms. The van der Waals surface area contributed by atoms with E-state index in [1.165, 1.54) is 10.9 Å². The van der Waals surface area contributed by atoms with Crippen LogP contribution >= 0.6 is 0 Å². The molecule has 0 saturated carbocycles. The number of hydrogen-bond acceptors (Lipinski definition) is 2. The second-order valence-electron chi connectivity index (χ2n) is 7.36. The summed E-state index contributed by atoms with van der Waals surface area (Å²) < 4.78 is 2.20. The number of rotatable bonds is 7. The number of hydrogen-bond donors (Lipinski definition) is 1. The number of likely N-dealkylation sites (tertiary alicyclic amines) is 1. The SMILES string of the molecule is O=C(CN1C[C@H](c2ccccc2)CC1=O)NCCCn1ccc2ccccc21. The van der Waals surface area contributed by atoms with Gasteiger partial charge in [0.25, 0.3) is 0 Å². The summed E-state index contributed by atoms with van der Waals surface area (Å²) >= 11 is 0. The number of para-hydroxylation sites is 1. The number of nitrogens with zero attached hydrogens (tertiary/aromatic N) is 2. The van der Waals surface area contributed by atoms with Crippen LogP contribution in [0.3, 0.4) is 0 Å². The molecule has 0 spiro atoms. The Labute approximate surface area is 165 Å². The van der Waals surface area contributed by atoms with Gasteiger partial charge in [0.05, 0.1) is 6.54 Å². The maximum atomic E-state index is 12.2. The van der Waals surface area contributed by atoms with Crippen LogP contribution in [-0.4, -0.2) is 40.9 Å². The van der Waals surface area contributed by atoms with Crippen LogP contribution in [0.5, 0.6) is 0 Å². The van der Waals surface area contributed by atoms with Crippen LogP contribution in [0.1, 0.15) is 24.3 Å². The summed E-state index contributed by atoms with van der Waals surface area (Å²) in [4.78, 5) is 26.2. The van der Waals surface area contributed by atoms with E-state index < -0.39 is 0 Å². The zero-order valence-corrected chi connectivity index (χ0v) is 15.9. The zero-order valence-electron chi connectivity index (χ0n) is 15.9. The quantitative estimate of drug-likeness (QED) is 0.645. The number of fused-ring (bicyclic) bond motifs is 1. The van der Waals surface area contributed by atoms with Crippen molar-refractivity contribution in [3.63, 3.8) is 0 Å². The maximum Gasteiger partial charge on any atom is 0.239 e. The Balaban J connectivity index is 1.22. The van der Waals surface area contributed by atoms with E-state index in [4.69, 9.17) is 0 Å². The van der Waals surface area contributed by atoms with Crippen LogP contribution in [-0.2, 0) is 16.1 Å². The van der Waals surface area contributed by atoms with E-state index in [9.17, 15) is 9.59 Å². The molecule has 144 valence electrons. The van der Waals surface area contributed by atoms with Gasteiger partial charge in [-0.1, -0.05) is 48.5 Å². The number of amides is 2. The standard InChI is InChI=1S/C23H25N3O2/c27-22(17-26-16-20(15-23(26)28)18-7-2-1-3-8-18)24-12-6-13-25-14-11-19-9-4-5-10-21(19)25/h1-5,7-11,14,20H,6,12-13,15-17H2,(H,24,27)/t20-/m1/s1. The Hall–Kier alpha value is -3.08. The molecule has 1 atom stereocenters. The highest BCUT2D eigenvalue weighted by Gasteiger charge is 2.31. The van der Waals surface area contributed by atoms with Crippen LogP contribution < -0.4 is 5.32 Å². The minimum atomic E-state index is -0.0839. The fraction of sp³-hybridized carbons (Fsp3) is 0.304. The van der Waals surface area contributed by atoms with Crippen molar-refractivity contribution in [1.29, 1.82) is 0 Å². The molecular formula is C23H25N3O2. The van der Waals surface area contributed by atoms with Crippen LogP contribution in [0, 0.1) is 0 Å². The fourth-order valence-corrected chi connectivity index (χ4v) is 3.92. The minimum absolute atomic E-state index is 0.0582. The Bertz CT molecular complexity index is 964. The molecule has 2 heterocycles. The first-order chi connectivity index (χ1) is 13.7. The van der Waals surface area contributed by atoms with Crippen molar-refractivity contribution in [2.24, 2.45) is 0 Å². The highest BCUT2D eigenvalue weighted by atomic mass is 16.2. The maximum absolute atomic E-state index is 12.2. The summed E-state index contributed by atoms with van der Waals surface area (Å²) in [7, 11) is 0. The third kappa shape index (κ3) is 4.09. The molecule has 1 N–H and O–H groups in total. The van der Waals surface area contributed by atoms with Gasteiger partial charge in [0, 0.05) is 43.7 Å². The molecule has 1 aromatic heterocycles. The van der Waals surface area contributed by atoms with Gasteiger partial charge in [-0.3, -0.25) is 9.59 Å². The Morgan fingerprint density at radius 2 is 1.82 bits per heavy atom. The van der Waals surface area contributed by atoms with E-state index in [0.29, 0.717) is 19.5 Å². The van der Waals surface area contributed by atoms with E-state index in [1.807, 2.05) is 42.5 Å². The van der Waals surface area contributed by atoms with E-state index in [0.717, 1.165) is 18.5 Å². The third-order valence-electron chi connectivity index (χ3n) is 5.40. The average Bonchev–Trinajstić information content (AvgIpc) is 3.30. The van der Waals surface area contributed by atoms with Crippen molar-refractivity contribution < 1.29 is 9.59 Å². The molecule has 0 bridgehead atoms. The Kier molecular flexibility index (Phi) is 5.42. The molecule has 0 radical (unpaired) electrons. The number of aromatic nitrogens is 1. The predicted molar refractivity (Wildman–Crippen MR) is 110 cm³/mol. The average molecular weight is 375 g/mol. The monoisotopic (exact) mass is 375 g/mol. The predicted octanol–water partition coefficient (Wildman–Crippen LogP) is 3.16. The van der Waals surface area contributed by atoms with Gasteiger partial charge in [0.15, 0.2) is 0 Å². The van der Waals surface area contributed by atoms with Crippen molar-refractivity contribution in [1.82, 2.24) is 14.8 Å².